The zero-order valence-electron chi connectivity index (χ0n) is 16.3. The van der Waals surface area contributed by atoms with Gasteiger partial charge >= 0.3 is 26.6 Å². The second kappa shape index (κ2) is 8.97. The van der Waals surface area contributed by atoms with Crippen molar-refractivity contribution in [2.24, 2.45) is 0 Å². The molecule has 0 aliphatic carbocycles. The molecule has 1 aliphatic heterocycles. The zero-order chi connectivity index (χ0) is 22.9. The van der Waals surface area contributed by atoms with Crippen molar-refractivity contribution < 1.29 is 47.3 Å². The Bertz CT molecular complexity index is 1010. The van der Waals surface area contributed by atoms with E-state index in [0.717, 1.165) is 18.2 Å². The molecular formula is C18H21FNO9P2+. The molecule has 1 aliphatic rings. The van der Waals surface area contributed by atoms with E-state index in [4.69, 9.17) is 13.8 Å². The minimum atomic E-state index is -5.13. The fourth-order valence-corrected chi connectivity index (χ4v) is 6.47. The molecule has 168 valence electrons. The van der Waals surface area contributed by atoms with Crippen molar-refractivity contribution in [2.45, 2.75) is 37.6 Å². The van der Waals surface area contributed by atoms with Gasteiger partial charge in [0, 0.05) is 24.4 Å². The van der Waals surface area contributed by atoms with Gasteiger partial charge in [0.2, 0.25) is 6.29 Å². The molecule has 3 rings (SSSR count). The summed E-state index contributed by atoms with van der Waals surface area (Å²) in [7, 11) is -10.1. The molecule has 4 N–H and O–H groups in total. The largest absolute Gasteiger partial charge is 0.457 e. The van der Waals surface area contributed by atoms with Crippen LogP contribution >= 0.6 is 15.5 Å². The van der Waals surface area contributed by atoms with Gasteiger partial charge in [-0.3, -0.25) is 18.9 Å². The van der Waals surface area contributed by atoms with Crippen LogP contribution in [0.25, 0.3) is 0 Å². The van der Waals surface area contributed by atoms with Gasteiger partial charge in [-0.05, 0) is 36.2 Å². The Morgan fingerprint density at radius 1 is 1.39 bits per heavy atom. The van der Waals surface area contributed by atoms with E-state index in [1.54, 1.807) is 6.92 Å². The second-order valence-electron chi connectivity index (χ2n) is 6.83. The minimum Gasteiger partial charge on any atom is -0.423 e. The number of rotatable bonds is 6. The van der Waals surface area contributed by atoms with Gasteiger partial charge < -0.3 is 14.7 Å². The Hall–Kier alpha value is -1.81. The standard InChI is InChI=1S/C18H20FNO9P2/c1-2-4-16(21)27-15-7-6-13(9-14(15)19)17-28-30(23,24)18(22,31(25,26)29-17)10-12-5-3-8-20-11-12/h3,5-9,11,17,22-24H,2,4,10H2,1H3/p+1. The lowest BCUT2D eigenvalue weighted by molar-refractivity contribution is -0.134. The SMILES string of the molecule is CCCC(=O)Oc1ccc(C2OP(=O)(O)C(O)(Cc3cccnc3)[P+](O)(O)O2)cc1F. The third kappa shape index (κ3) is 4.84. The smallest absolute Gasteiger partial charge is 0.423 e. The normalized spacial score (nSPS) is 27.6. The monoisotopic (exact) mass is 476 g/mol. The molecule has 13 heteroatoms. The number of carbonyl (C=O) groups is 1. The van der Waals surface area contributed by atoms with Crippen LogP contribution in [0.4, 0.5) is 4.39 Å². The van der Waals surface area contributed by atoms with E-state index in [0.29, 0.717) is 6.42 Å². The van der Waals surface area contributed by atoms with Gasteiger partial charge in [0.15, 0.2) is 11.6 Å². The van der Waals surface area contributed by atoms with Crippen LogP contribution in [0.15, 0.2) is 42.7 Å². The number of halogens is 1. The predicted octanol–water partition coefficient (Wildman–Crippen LogP) is 2.79. The second-order valence-corrected chi connectivity index (χ2v) is 11.2. The number of hydrogen-bond donors (Lipinski definition) is 4. The summed E-state index contributed by atoms with van der Waals surface area (Å²) >= 11 is 0. The summed E-state index contributed by atoms with van der Waals surface area (Å²) in [5, 5.41) is 7.67. The quantitative estimate of drug-likeness (QED) is 0.278. The number of ether oxygens (including phenoxy) is 1. The number of pyridine rings is 1. The van der Waals surface area contributed by atoms with Crippen LogP contribution in [0.2, 0.25) is 0 Å². The molecule has 1 aromatic heterocycles. The summed E-state index contributed by atoms with van der Waals surface area (Å²) in [6, 6.07) is 5.96. The molecule has 31 heavy (non-hydrogen) atoms. The van der Waals surface area contributed by atoms with Crippen molar-refractivity contribution in [1.29, 1.82) is 0 Å². The van der Waals surface area contributed by atoms with E-state index in [9.17, 15) is 33.5 Å². The van der Waals surface area contributed by atoms with Gasteiger partial charge in [-0.15, -0.1) is 4.52 Å². The summed E-state index contributed by atoms with van der Waals surface area (Å²) in [5.74, 6) is -2.03. The average Bonchev–Trinajstić information content (AvgIpc) is 2.68. The third-order valence-electron chi connectivity index (χ3n) is 4.47. The number of hydrogen-bond acceptors (Lipinski definition) is 9. The van der Waals surface area contributed by atoms with Gasteiger partial charge in [0.25, 0.3) is 0 Å². The van der Waals surface area contributed by atoms with Crippen LogP contribution in [0.3, 0.4) is 0 Å². The predicted molar refractivity (Wildman–Crippen MR) is 106 cm³/mol. The van der Waals surface area contributed by atoms with Gasteiger partial charge in [0.05, 0.1) is 6.42 Å². The lowest BCUT2D eigenvalue weighted by Crippen LogP contribution is -2.40. The highest BCUT2D eigenvalue weighted by Crippen LogP contribution is 2.82. The highest BCUT2D eigenvalue weighted by molar-refractivity contribution is 7.76. The van der Waals surface area contributed by atoms with E-state index in [2.05, 4.69) is 4.98 Å². The summed E-state index contributed by atoms with van der Waals surface area (Å²) in [6.07, 6.45) is 0.716. The summed E-state index contributed by atoms with van der Waals surface area (Å²) in [5.41, 5.74) is 0.0275. The van der Waals surface area contributed by atoms with Gasteiger partial charge in [-0.25, -0.2) is 4.39 Å². The summed E-state index contributed by atoms with van der Waals surface area (Å²) in [6.45, 7) is 1.75. The maximum absolute atomic E-state index is 14.3. The first-order valence-electron chi connectivity index (χ1n) is 9.15. The average molecular weight is 476 g/mol. The van der Waals surface area contributed by atoms with Gasteiger partial charge in [-0.1, -0.05) is 13.0 Å². The Labute approximate surface area is 177 Å². The molecule has 2 aromatic rings. The van der Waals surface area contributed by atoms with Crippen LogP contribution in [-0.4, -0.2) is 35.8 Å². The molecule has 10 nitrogen and oxygen atoms in total. The molecule has 2 heterocycles. The van der Waals surface area contributed by atoms with E-state index >= 15 is 0 Å². The van der Waals surface area contributed by atoms with Crippen molar-refractivity contribution in [3.63, 3.8) is 0 Å². The van der Waals surface area contributed by atoms with Crippen LogP contribution in [0, 0.1) is 5.82 Å². The van der Waals surface area contributed by atoms with Crippen molar-refractivity contribution in [3.8, 4) is 5.75 Å². The Morgan fingerprint density at radius 2 is 2.13 bits per heavy atom. The lowest BCUT2D eigenvalue weighted by atomic mass is 10.2. The van der Waals surface area contributed by atoms with Crippen LogP contribution in [0.5, 0.6) is 5.75 Å². The number of esters is 1. The summed E-state index contributed by atoms with van der Waals surface area (Å²) < 4.78 is 42.0. The molecule has 1 fully saturated rings. The fraction of sp³-hybridized carbons (Fsp3) is 0.333. The van der Waals surface area contributed by atoms with Crippen LogP contribution < -0.4 is 4.74 Å². The molecule has 0 saturated carbocycles. The fourth-order valence-electron chi connectivity index (χ4n) is 2.84. The third-order valence-corrected chi connectivity index (χ3v) is 9.13. The Morgan fingerprint density at radius 3 is 2.71 bits per heavy atom. The molecule has 0 radical (unpaired) electrons. The molecule has 0 bridgehead atoms. The lowest BCUT2D eigenvalue weighted by Gasteiger charge is -2.38. The molecule has 0 spiro atoms. The molecular weight excluding hydrogens is 455 g/mol. The summed E-state index contributed by atoms with van der Waals surface area (Å²) in [4.78, 5) is 46.5. The first-order valence-corrected chi connectivity index (χ1v) is 12.3. The molecule has 1 aromatic carbocycles. The van der Waals surface area contributed by atoms with E-state index in [1.165, 1.54) is 24.5 Å². The van der Waals surface area contributed by atoms with E-state index in [-0.39, 0.29) is 23.3 Å². The van der Waals surface area contributed by atoms with E-state index < -0.39 is 45.1 Å². The molecule has 0 amide bonds. The maximum atomic E-state index is 14.3. The Kier molecular flexibility index (Phi) is 6.90. The zero-order valence-corrected chi connectivity index (χ0v) is 18.1. The van der Waals surface area contributed by atoms with Crippen LogP contribution in [-0.2, 0) is 24.8 Å². The van der Waals surface area contributed by atoms with Crippen molar-refractivity contribution >= 4 is 21.5 Å². The van der Waals surface area contributed by atoms with Crippen molar-refractivity contribution in [3.05, 3.63) is 59.7 Å². The Balaban J connectivity index is 1.86. The van der Waals surface area contributed by atoms with Gasteiger partial charge in [-0.2, -0.15) is 9.79 Å². The van der Waals surface area contributed by atoms with Crippen molar-refractivity contribution in [2.75, 3.05) is 0 Å². The van der Waals surface area contributed by atoms with Crippen LogP contribution in [0.1, 0.15) is 37.2 Å². The number of aromatic nitrogens is 1. The molecule has 3 unspecified atom stereocenters. The number of benzene rings is 1. The first-order chi connectivity index (χ1) is 14.5. The number of aliphatic hydroxyl groups is 1. The highest BCUT2D eigenvalue weighted by Gasteiger charge is 2.77. The number of nitrogens with zero attached hydrogens (tertiary/aromatic N) is 1. The van der Waals surface area contributed by atoms with Crippen molar-refractivity contribution in [1.82, 2.24) is 4.98 Å². The molecule has 1 saturated heterocycles. The topological polar surface area (TPSA) is 156 Å². The first kappa shape index (κ1) is 23.8. The molecule has 3 atom stereocenters. The van der Waals surface area contributed by atoms with E-state index in [1.807, 2.05) is 0 Å². The van der Waals surface area contributed by atoms with Gasteiger partial charge in [0.1, 0.15) is 0 Å². The minimum absolute atomic E-state index is 0.0846. The maximum Gasteiger partial charge on any atom is 0.457 e. The number of carbonyl (C=O) groups excluding carboxylic acids is 1. The highest BCUT2D eigenvalue weighted by atomic mass is 31.3.